The van der Waals surface area contributed by atoms with Crippen LogP contribution in [0.3, 0.4) is 0 Å². The highest BCUT2D eigenvalue weighted by atomic mass is 32.2. The molecule has 1 fully saturated rings. The molecule has 2 aliphatic heterocycles. The van der Waals surface area contributed by atoms with Crippen molar-refractivity contribution in [3.8, 4) is 5.75 Å². The molecule has 1 atom stereocenters. The lowest BCUT2D eigenvalue weighted by atomic mass is 10.1. The van der Waals surface area contributed by atoms with E-state index < -0.39 is 0 Å². The monoisotopic (exact) mass is 471 g/mol. The van der Waals surface area contributed by atoms with Crippen LogP contribution in [0.25, 0.3) is 6.08 Å². The minimum Gasteiger partial charge on any atom is -0.495 e. The molecule has 172 valence electrons. The van der Waals surface area contributed by atoms with Gasteiger partial charge in [0.05, 0.1) is 28.7 Å². The number of hydrogen-bond acceptors (Lipinski definition) is 5. The van der Waals surface area contributed by atoms with Gasteiger partial charge in [0.15, 0.2) is 0 Å². The number of piperazine rings is 1. The van der Waals surface area contributed by atoms with Gasteiger partial charge in [0.1, 0.15) is 5.75 Å². The topological polar surface area (TPSA) is 62.2 Å². The first-order valence-corrected chi connectivity index (χ1v) is 12.1. The Morgan fingerprint density at radius 1 is 1.06 bits per heavy atom. The van der Waals surface area contributed by atoms with E-state index in [-0.39, 0.29) is 17.1 Å². The lowest BCUT2D eigenvalue weighted by Crippen LogP contribution is -2.48. The molecule has 2 amide bonds. The SMILES string of the molecule is COc1ccccc1N1CCN(C(=O)c2ccc(/C=C3/SC4C=CC=CC4=NC3=O)cc2)CC1. The molecule has 0 N–H and O–H groups in total. The average Bonchev–Trinajstić information content (AvgIpc) is 2.89. The average molecular weight is 472 g/mol. The van der Waals surface area contributed by atoms with Crippen molar-refractivity contribution in [2.45, 2.75) is 5.25 Å². The van der Waals surface area contributed by atoms with Crippen LogP contribution < -0.4 is 9.64 Å². The highest BCUT2D eigenvalue weighted by molar-refractivity contribution is 8.05. The Labute approximate surface area is 203 Å². The molecule has 1 aliphatic carbocycles. The molecule has 0 bridgehead atoms. The number of ether oxygens (including phenoxy) is 1. The molecule has 0 saturated carbocycles. The van der Waals surface area contributed by atoms with Gasteiger partial charge in [-0.2, -0.15) is 0 Å². The Balaban J connectivity index is 1.23. The van der Waals surface area contributed by atoms with Crippen LogP contribution in [0.15, 0.2) is 82.7 Å². The fourth-order valence-corrected chi connectivity index (χ4v) is 5.31. The lowest BCUT2D eigenvalue weighted by Gasteiger charge is -2.36. The number of carbonyl (C=O) groups excluding carboxylic acids is 2. The number of hydrogen-bond donors (Lipinski definition) is 0. The summed E-state index contributed by atoms with van der Waals surface area (Å²) in [4.78, 5) is 34.4. The number of aliphatic imine (C=N–C) groups is 1. The number of carbonyl (C=O) groups is 2. The van der Waals surface area contributed by atoms with Gasteiger partial charge in [0.2, 0.25) is 0 Å². The second kappa shape index (κ2) is 9.73. The van der Waals surface area contributed by atoms with Crippen molar-refractivity contribution in [3.63, 3.8) is 0 Å². The second-order valence-electron chi connectivity index (χ2n) is 8.21. The number of anilines is 1. The van der Waals surface area contributed by atoms with E-state index in [1.54, 1.807) is 7.11 Å². The van der Waals surface area contributed by atoms with Crippen LogP contribution >= 0.6 is 11.8 Å². The summed E-state index contributed by atoms with van der Waals surface area (Å²) in [6.45, 7) is 2.81. The number of allylic oxidation sites excluding steroid dienone is 3. The van der Waals surface area contributed by atoms with Gasteiger partial charge in [-0.3, -0.25) is 9.59 Å². The standard InChI is InChI=1S/C27H25N3O3S/c1-33-23-8-4-3-7-22(23)29-14-16-30(17-15-29)27(32)20-12-10-19(11-13-20)18-25-26(31)28-21-6-2-5-9-24(21)34-25/h2-13,18,24H,14-17H2,1H3/b25-18+. The third-order valence-corrected chi connectivity index (χ3v) is 7.30. The summed E-state index contributed by atoms with van der Waals surface area (Å²) in [5.41, 5.74) is 3.38. The van der Waals surface area contributed by atoms with Crippen molar-refractivity contribution in [2.24, 2.45) is 4.99 Å². The Hall–Kier alpha value is -3.58. The Bertz CT molecular complexity index is 1220. The predicted octanol–water partition coefficient (Wildman–Crippen LogP) is 4.21. The zero-order valence-corrected chi connectivity index (χ0v) is 19.7. The number of fused-ring (bicyclic) bond motifs is 1. The first kappa shape index (κ1) is 22.2. The maximum Gasteiger partial charge on any atom is 0.283 e. The van der Waals surface area contributed by atoms with Crippen molar-refractivity contribution in [1.82, 2.24) is 4.90 Å². The maximum atomic E-state index is 13.1. The molecule has 1 unspecified atom stereocenters. The number of nitrogens with zero attached hydrogens (tertiary/aromatic N) is 3. The van der Waals surface area contributed by atoms with E-state index in [0.717, 1.165) is 35.8 Å². The van der Waals surface area contributed by atoms with Gasteiger partial charge in [-0.15, -0.1) is 11.8 Å². The molecule has 0 radical (unpaired) electrons. The number of para-hydroxylation sites is 2. The summed E-state index contributed by atoms with van der Waals surface area (Å²) >= 11 is 1.51. The van der Waals surface area contributed by atoms with Crippen LogP contribution in [-0.2, 0) is 4.79 Å². The first-order chi connectivity index (χ1) is 16.6. The molecule has 1 saturated heterocycles. The van der Waals surface area contributed by atoms with Crippen LogP contribution in [-0.4, -0.2) is 61.0 Å². The summed E-state index contributed by atoms with van der Waals surface area (Å²) in [6.07, 6.45) is 9.63. The smallest absolute Gasteiger partial charge is 0.283 e. The minimum atomic E-state index is -0.218. The number of rotatable bonds is 4. The number of thioether (sulfide) groups is 1. The zero-order valence-electron chi connectivity index (χ0n) is 18.9. The zero-order chi connectivity index (χ0) is 23.5. The summed E-state index contributed by atoms with van der Waals surface area (Å²) in [7, 11) is 1.68. The van der Waals surface area contributed by atoms with E-state index in [2.05, 4.69) is 9.89 Å². The Morgan fingerprint density at radius 3 is 2.59 bits per heavy atom. The minimum absolute atomic E-state index is 0.0235. The molecule has 0 spiro atoms. The van der Waals surface area contributed by atoms with Gasteiger partial charge in [0.25, 0.3) is 11.8 Å². The summed E-state index contributed by atoms with van der Waals surface area (Å²) in [5, 5.41) is 0.0734. The van der Waals surface area contributed by atoms with Crippen molar-refractivity contribution in [2.75, 3.05) is 38.2 Å². The fraction of sp³-hybridized carbons (Fsp3) is 0.222. The molecule has 2 aromatic rings. The van der Waals surface area contributed by atoms with E-state index in [9.17, 15) is 9.59 Å². The second-order valence-corrected chi connectivity index (χ2v) is 9.39. The normalized spacial score (nSPS) is 20.9. The van der Waals surface area contributed by atoms with E-state index >= 15 is 0 Å². The molecular formula is C27H25N3O3S. The number of benzene rings is 2. The lowest BCUT2D eigenvalue weighted by molar-refractivity contribution is -0.113. The van der Waals surface area contributed by atoms with Crippen LogP contribution in [0.1, 0.15) is 15.9 Å². The molecule has 0 aromatic heterocycles. The van der Waals surface area contributed by atoms with Gasteiger partial charge >= 0.3 is 0 Å². The van der Waals surface area contributed by atoms with Crippen LogP contribution in [0, 0.1) is 0 Å². The van der Waals surface area contributed by atoms with E-state index in [0.29, 0.717) is 23.6 Å². The molecule has 3 aliphatic rings. The Morgan fingerprint density at radius 2 is 1.82 bits per heavy atom. The molecule has 6 nitrogen and oxygen atoms in total. The molecule has 5 rings (SSSR count). The number of methoxy groups -OCH3 is 1. The molecule has 7 heteroatoms. The quantitative estimate of drug-likeness (QED) is 0.626. The van der Waals surface area contributed by atoms with E-state index in [1.807, 2.05) is 83.8 Å². The molecule has 34 heavy (non-hydrogen) atoms. The van der Waals surface area contributed by atoms with Crippen molar-refractivity contribution < 1.29 is 14.3 Å². The number of amides is 2. The van der Waals surface area contributed by atoms with Crippen molar-refractivity contribution >= 4 is 41.1 Å². The highest BCUT2D eigenvalue weighted by Crippen LogP contribution is 2.33. The first-order valence-electron chi connectivity index (χ1n) is 11.3. The van der Waals surface area contributed by atoms with E-state index in [1.165, 1.54) is 11.8 Å². The van der Waals surface area contributed by atoms with Crippen molar-refractivity contribution in [3.05, 3.63) is 88.9 Å². The van der Waals surface area contributed by atoms with Gasteiger partial charge in [-0.1, -0.05) is 42.5 Å². The van der Waals surface area contributed by atoms with Crippen LogP contribution in [0.5, 0.6) is 5.75 Å². The molecule has 2 aromatic carbocycles. The summed E-state index contributed by atoms with van der Waals surface area (Å²) in [5.74, 6) is 0.652. The fourth-order valence-electron chi connectivity index (χ4n) is 4.27. The maximum absolute atomic E-state index is 13.1. The predicted molar refractivity (Wildman–Crippen MR) is 138 cm³/mol. The third-order valence-electron chi connectivity index (χ3n) is 6.10. The molecular weight excluding hydrogens is 446 g/mol. The third kappa shape index (κ3) is 4.56. The largest absolute Gasteiger partial charge is 0.495 e. The van der Waals surface area contributed by atoms with Crippen LogP contribution in [0.4, 0.5) is 5.69 Å². The van der Waals surface area contributed by atoms with Gasteiger partial charge < -0.3 is 14.5 Å². The highest BCUT2D eigenvalue weighted by Gasteiger charge is 2.26. The van der Waals surface area contributed by atoms with Crippen molar-refractivity contribution in [1.29, 1.82) is 0 Å². The summed E-state index contributed by atoms with van der Waals surface area (Å²) < 4.78 is 5.48. The molecule has 2 heterocycles. The van der Waals surface area contributed by atoms with Crippen LogP contribution in [0.2, 0.25) is 0 Å². The Kier molecular flexibility index (Phi) is 6.36. The van der Waals surface area contributed by atoms with E-state index in [4.69, 9.17) is 4.74 Å². The van der Waals surface area contributed by atoms with Gasteiger partial charge in [-0.05, 0) is 42.0 Å². The summed E-state index contributed by atoms with van der Waals surface area (Å²) in [6, 6.07) is 15.4. The van der Waals surface area contributed by atoms with Gasteiger partial charge in [0, 0.05) is 31.7 Å². The van der Waals surface area contributed by atoms with Gasteiger partial charge in [-0.25, -0.2) is 4.99 Å².